The van der Waals surface area contributed by atoms with Gasteiger partial charge in [-0.3, -0.25) is 47.9 Å². The lowest BCUT2D eigenvalue weighted by Gasteiger charge is -2.61. The summed E-state index contributed by atoms with van der Waals surface area (Å²) < 4.78 is 53.1. The zero-order valence-corrected chi connectivity index (χ0v) is 51.5. The maximum absolute atomic E-state index is 13.7. The van der Waals surface area contributed by atoms with Crippen LogP contribution in [0.25, 0.3) is 0 Å². The number of hydrogen-bond acceptors (Lipinski definition) is 21. The Labute approximate surface area is 505 Å². The molecule has 9 aliphatic rings. The number of aliphatic hydroxyl groups is 1. The van der Waals surface area contributed by atoms with Gasteiger partial charge in [-0.25, -0.2) is 0 Å². The van der Waals surface area contributed by atoms with Crippen LogP contribution in [0.3, 0.4) is 0 Å². The number of furan rings is 3. The van der Waals surface area contributed by atoms with E-state index in [-0.39, 0.29) is 77.7 Å². The number of cyclic esters (lactones) is 3. The van der Waals surface area contributed by atoms with Gasteiger partial charge in [-0.1, -0.05) is 48.5 Å². The molecule has 3 aromatic heterocycles. The van der Waals surface area contributed by atoms with Gasteiger partial charge in [0.05, 0.1) is 94.4 Å². The van der Waals surface area contributed by atoms with Gasteiger partial charge in [-0.15, -0.1) is 0 Å². The molecule has 3 aromatic rings. The predicted molar refractivity (Wildman–Crippen MR) is 300 cm³/mol. The molecule has 6 heterocycles. The van der Waals surface area contributed by atoms with Gasteiger partial charge in [0.2, 0.25) is 0 Å². The van der Waals surface area contributed by atoms with Gasteiger partial charge in [0.25, 0.3) is 0 Å². The average molecular weight is 1210 g/mol. The number of hydrogen-bond donors (Lipinski definition) is 1. The number of methoxy groups -OCH3 is 3. The number of Topliss-reactive ketones (excluding diaryl/α,β-unsaturated/α-hetero) is 3. The second-order valence-electron chi connectivity index (χ2n) is 27.8. The summed E-state index contributed by atoms with van der Waals surface area (Å²) in [6.45, 7) is 14.9. The van der Waals surface area contributed by atoms with Crippen LogP contribution in [0, 0.1) is 91.7 Å². The number of fused-ring (bicyclic) bond motifs is 9. The van der Waals surface area contributed by atoms with Gasteiger partial charge in [-0.05, 0) is 121 Å². The van der Waals surface area contributed by atoms with Gasteiger partial charge >= 0.3 is 41.8 Å². The number of ketones is 3. The standard InChI is InChI=1S/C23H28O8.C22H28O6.C21H26O7/c1-12(24)30-16-9-15(20(26)28-4)22(2)7-5-14-21(27)31-17(13-6-8-29-11-13)10-23(14,3)19(22)18(16)25;1-12-9-15(19(24)26-4)21(2)7-5-14-20(25)28-16(13-6-8-27-11-13)10-22(14,3)18(21)17(12)23;1-20-6-4-12-19(25)28-15(11-5-7-27-10-11)9-21(12,2)17(20)16(23)14(22)8-13(20)18(24)26-3/h6,8,11,14-17,19H,5,7,9-10H2,1-4H3;6,8,11-12,14-16,18H,5,7,9-10H2,1-4H3;5,7,10,12-15,17,22H,4,6,8-9H2,1-3H3/t14-,15-,16-,17-,19-,22-,23-;12-,14+,15+,16+,18+,21+,22+;12-,13-,14-,15-,17-,20-,21-/m010/s1. The molecule has 472 valence electrons. The third-order valence-corrected chi connectivity index (χ3v) is 23.1. The van der Waals surface area contributed by atoms with Crippen LogP contribution in [0.2, 0.25) is 0 Å². The second kappa shape index (κ2) is 23.2. The summed E-state index contributed by atoms with van der Waals surface area (Å²) in [6, 6.07) is 5.29. The van der Waals surface area contributed by atoms with Crippen molar-refractivity contribution >= 4 is 59.1 Å². The lowest BCUT2D eigenvalue weighted by atomic mass is 9.42. The molecule has 3 aliphatic heterocycles. The van der Waals surface area contributed by atoms with E-state index in [1.54, 1.807) is 37.0 Å². The first-order valence-electron chi connectivity index (χ1n) is 30.4. The molecular weight excluding hydrogens is 1130 g/mol. The van der Waals surface area contributed by atoms with E-state index in [9.17, 15) is 53.1 Å². The van der Waals surface area contributed by atoms with Crippen LogP contribution in [-0.2, 0) is 81.1 Å². The van der Waals surface area contributed by atoms with E-state index in [1.165, 1.54) is 47.0 Å². The van der Waals surface area contributed by atoms with Gasteiger partial charge in [-0.2, -0.15) is 0 Å². The van der Waals surface area contributed by atoms with E-state index < -0.39 is 116 Å². The fourth-order valence-corrected chi connectivity index (χ4v) is 19.0. The van der Waals surface area contributed by atoms with Gasteiger partial charge in [0, 0.05) is 53.7 Å². The van der Waals surface area contributed by atoms with Crippen molar-refractivity contribution in [1.82, 2.24) is 0 Å². The summed E-state index contributed by atoms with van der Waals surface area (Å²) >= 11 is 0. The average Bonchev–Trinajstić information content (AvgIpc) is 0.938. The van der Waals surface area contributed by atoms with Crippen molar-refractivity contribution in [2.45, 2.75) is 163 Å². The molecule has 21 nitrogen and oxygen atoms in total. The van der Waals surface area contributed by atoms with Crippen molar-refractivity contribution < 1.29 is 99.5 Å². The van der Waals surface area contributed by atoms with Gasteiger partial charge in [0.15, 0.2) is 17.7 Å². The molecule has 0 aromatic carbocycles. The Morgan fingerprint density at radius 1 is 0.483 bits per heavy atom. The van der Waals surface area contributed by atoms with Crippen molar-refractivity contribution in [3.63, 3.8) is 0 Å². The molecule has 0 spiro atoms. The first-order valence-corrected chi connectivity index (χ1v) is 30.4. The van der Waals surface area contributed by atoms with Gasteiger partial charge < -0.3 is 51.5 Å². The molecule has 3 saturated heterocycles. The Bertz CT molecular complexity index is 3030. The smallest absolute Gasteiger partial charge is 0.310 e. The monoisotopic (exact) mass is 1210 g/mol. The van der Waals surface area contributed by atoms with Crippen LogP contribution in [-0.4, -0.2) is 97.8 Å². The van der Waals surface area contributed by atoms with E-state index >= 15 is 0 Å². The van der Waals surface area contributed by atoms with Crippen molar-refractivity contribution in [3.05, 3.63) is 72.5 Å². The third-order valence-electron chi connectivity index (χ3n) is 23.1. The molecule has 21 atom stereocenters. The van der Waals surface area contributed by atoms with E-state index in [0.29, 0.717) is 64.2 Å². The summed E-state index contributed by atoms with van der Waals surface area (Å²) in [7, 11) is 4.05. The lowest BCUT2D eigenvalue weighted by molar-refractivity contribution is -0.211. The molecule has 6 saturated carbocycles. The van der Waals surface area contributed by atoms with Crippen LogP contribution in [0.5, 0.6) is 0 Å². The molecule has 6 aliphatic carbocycles. The van der Waals surface area contributed by atoms with E-state index in [4.69, 9.17) is 46.4 Å². The molecule has 0 amide bonds. The molecule has 12 rings (SSSR count). The highest BCUT2D eigenvalue weighted by Gasteiger charge is 2.71. The first-order chi connectivity index (χ1) is 41.1. The van der Waals surface area contributed by atoms with Crippen molar-refractivity contribution in [3.8, 4) is 0 Å². The summed E-state index contributed by atoms with van der Waals surface area (Å²) in [5.41, 5.74) is -1.69. The summed E-state index contributed by atoms with van der Waals surface area (Å²) in [4.78, 5) is 129. The molecule has 9 fully saturated rings. The Balaban J connectivity index is 0.000000145. The normalized spacial score (nSPS) is 41.8. The molecule has 0 bridgehead atoms. The number of ether oxygens (including phenoxy) is 7. The van der Waals surface area contributed by atoms with Crippen LogP contribution in [0.15, 0.2) is 69.0 Å². The fourth-order valence-electron chi connectivity index (χ4n) is 19.0. The highest BCUT2D eigenvalue weighted by Crippen LogP contribution is 2.68. The zero-order chi connectivity index (χ0) is 63.1. The molecule has 87 heavy (non-hydrogen) atoms. The maximum atomic E-state index is 13.7. The summed E-state index contributed by atoms with van der Waals surface area (Å²) in [5, 5.41) is 10.5. The zero-order valence-electron chi connectivity index (χ0n) is 51.5. The Hall–Kier alpha value is -6.90. The third kappa shape index (κ3) is 10.4. The molecule has 21 heteroatoms. The van der Waals surface area contributed by atoms with Crippen LogP contribution < -0.4 is 0 Å². The minimum absolute atomic E-state index is 0.0643. The van der Waals surface area contributed by atoms with Gasteiger partial charge in [0.1, 0.15) is 30.2 Å². The second-order valence-corrected chi connectivity index (χ2v) is 27.8. The predicted octanol–water partition coefficient (Wildman–Crippen LogP) is 9.13. The highest BCUT2D eigenvalue weighted by atomic mass is 16.6. The Morgan fingerprint density at radius 3 is 1.15 bits per heavy atom. The molecule has 0 radical (unpaired) electrons. The van der Waals surface area contributed by atoms with Crippen LogP contribution in [0.4, 0.5) is 0 Å². The first kappa shape index (κ1) is 63.1. The number of carbonyl (C=O) groups excluding carboxylic acids is 10. The minimum Gasteiger partial charge on any atom is -0.472 e. The van der Waals surface area contributed by atoms with E-state index in [1.807, 2.05) is 48.5 Å². The SMILES string of the molecule is COC(=O)[C@@H]1C[C@@H](C)C(=O)[C@H]2[C@@]1(C)CC[C@H]1C(=O)O[C@H](c3ccoc3)C[C@]21C.COC(=O)[C@@H]1C[C@H](O)C(=O)[C@H]2[C@@]1(C)CC[C@H]1C(=O)O[C@H](c3ccoc3)C[C@]21C.COC(=O)[C@@H]1C[C@H](OC(C)=O)C(=O)[C@H]2[C@@]1(C)CC[C@H]1C(=O)O[C@H](c3ccoc3)C[C@]21C. The van der Waals surface area contributed by atoms with Crippen LogP contribution >= 0.6 is 0 Å². The Kier molecular flexibility index (Phi) is 16.9. The van der Waals surface area contributed by atoms with Crippen molar-refractivity contribution in [2.24, 2.45) is 91.7 Å². The lowest BCUT2D eigenvalue weighted by Crippen LogP contribution is -2.64. The van der Waals surface area contributed by atoms with E-state index in [0.717, 1.165) is 16.7 Å². The molecular formula is C66H82O21. The fraction of sp³-hybridized carbons (Fsp3) is 0.667. The highest BCUT2D eigenvalue weighted by molar-refractivity contribution is 5.94. The van der Waals surface area contributed by atoms with Crippen molar-refractivity contribution in [1.29, 1.82) is 0 Å². The number of esters is 7. The van der Waals surface area contributed by atoms with Crippen LogP contribution in [0.1, 0.15) is 167 Å². The topological polar surface area (TPSA) is 295 Å². The Morgan fingerprint density at radius 2 is 0.816 bits per heavy atom. The maximum Gasteiger partial charge on any atom is 0.310 e. The summed E-state index contributed by atoms with van der Waals surface area (Å²) in [6.07, 6.45) is 10.9. The quantitative estimate of drug-likeness (QED) is 0.170. The number of rotatable bonds is 7. The number of carbonyl (C=O) groups is 10. The molecule has 0 unspecified atom stereocenters. The van der Waals surface area contributed by atoms with E-state index in [2.05, 4.69) is 0 Å². The largest absolute Gasteiger partial charge is 0.472 e. The molecule has 1 N–H and O–H groups in total. The number of aliphatic hydroxyl groups excluding tert-OH is 1. The minimum atomic E-state index is -1.23. The van der Waals surface area contributed by atoms with Crippen molar-refractivity contribution in [2.75, 3.05) is 21.3 Å². The summed E-state index contributed by atoms with van der Waals surface area (Å²) in [5.74, 6) is -7.65.